The average Bonchev–Trinajstić information content (AvgIpc) is 2.82. The molecule has 33 heavy (non-hydrogen) atoms. The lowest BCUT2D eigenvalue weighted by Gasteiger charge is -2.30. The first-order valence-corrected chi connectivity index (χ1v) is 11.5. The van der Waals surface area contributed by atoms with E-state index in [1.807, 2.05) is 24.3 Å². The fourth-order valence-electron chi connectivity index (χ4n) is 3.63. The van der Waals surface area contributed by atoms with Gasteiger partial charge in [-0.2, -0.15) is 0 Å². The summed E-state index contributed by atoms with van der Waals surface area (Å²) in [5.41, 5.74) is 0.600. The Morgan fingerprint density at radius 2 is 1.85 bits per heavy atom. The summed E-state index contributed by atoms with van der Waals surface area (Å²) < 4.78 is 10.7. The Morgan fingerprint density at radius 3 is 2.45 bits per heavy atom. The highest BCUT2D eigenvalue weighted by Gasteiger charge is 2.28. The number of H-pyrrole nitrogens is 1. The summed E-state index contributed by atoms with van der Waals surface area (Å²) in [6.45, 7) is 7.97. The third-order valence-electron chi connectivity index (χ3n) is 5.52. The fraction of sp³-hybridized carbons (Fsp3) is 0.542. The SMILES string of the molecule is CCOC(=O)C1CCN(C(=O)CCc2nnc(-c3ccc(OCC(C)C)cc3)[nH]c2=O)CC1. The lowest BCUT2D eigenvalue weighted by atomic mass is 9.96. The van der Waals surface area contributed by atoms with Crippen LogP contribution in [0.5, 0.6) is 5.75 Å². The summed E-state index contributed by atoms with van der Waals surface area (Å²) >= 11 is 0. The van der Waals surface area contributed by atoms with Gasteiger partial charge in [0.2, 0.25) is 5.91 Å². The fourth-order valence-corrected chi connectivity index (χ4v) is 3.63. The average molecular weight is 457 g/mol. The lowest BCUT2D eigenvalue weighted by molar-refractivity contribution is -0.151. The van der Waals surface area contributed by atoms with E-state index in [0.29, 0.717) is 50.9 Å². The number of carbonyl (C=O) groups excluding carboxylic acids is 2. The van der Waals surface area contributed by atoms with Gasteiger partial charge < -0.3 is 19.4 Å². The Bertz CT molecular complexity index is 995. The van der Waals surface area contributed by atoms with E-state index in [-0.39, 0.29) is 41.9 Å². The van der Waals surface area contributed by atoms with E-state index in [4.69, 9.17) is 9.47 Å². The summed E-state index contributed by atoms with van der Waals surface area (Å²) in [4.78, 5) is 41.3. The van der Waals surface area contributed by atoms with Crippen molar-refractivity contribution in [2.45, 2.75) is 46.5 Å². The van der Waals surface area contributed by atoms with Crippen molar-refractivity contribution in [2.75, 3.05) is 26.3 Å². The predicted octanol–water partition coefficient (Wildman–Crippen LogP) is 2.60. The number of nitrogens with one attached hydrogen (secondary N) is 1. The van der Waals surface area contributed by atoms with E-state index in [9.17, 15) is 14.4 Å². The van der Waals surface area contributed by atoms with E-state index in [1.165, 1.54) is 0 Å². The third kappa shape index (κ3) is 6.87. The number of nitrogens with zero attached hydrogens (tertiary/aromatic N) is 3. The minimum atomic E-state index is -0.353. The minimum Gasteiger partial charge on any atom is -0.493 e. The molecule has 0 atom stereocenters. The highest BCUT2D eigenvalue weighted by Crippen LogP contribution is 2.20. The third-order valence-corrected chi connectivity index (χ3v) is 5.52. The zero-order valence-corrected chi connectivity index (χ0v) is 19.5. The van der Waals surface area contributed by atoms with Crippen LogP contribution in [0.4, 0.5) is 0 Å². The van der Waals surface area contributed by atoms with Gasteiger partial charge in [-0.1, -0.05) is 13.8 Å². The van der Waals surface area contributed by atoms with E-state index in [0.717, 1.165) is 11.3 Å². The number of carbonyl (C=O) groups is 2. The van der Waals surface area contributed by atoms with Crippen molar-refractivity contribution in [1.82, 2.24) is 20.1 Å². The van der Waals surface area contributed by atoms with Gasteiger partial charge in [0.05, 0.1) is 19.1 Å². The lowest BCUT2D eigenvalue weighted by Crippen LogP contribution is -2.40. The number of rotatable bonds is 9. The maximum Gasteiger partial charge on any atom is 0.309 e. The highest BCUT2D eigenvalue weighted by atomic mass is 16.5. The first-order chi connectivity index (χ1) is 15.9. The van der Waals surface area contributed by atoms with Crippen LogP contribution >= 0.6 is 0 Å². The van der Waals surface area contributed by atoms with Crippen LogP contribution in [-0.2, 0) is 20.7 Å². The molecule has 2 aromatic rings. The standard InChI is InChI=1S/C24H32N4O5/c1-4-32-24(31)18-11-13-28(14-12-18)21(29)10-9-20-23(30)25-22(27-26-20)17-5-7-19(8-6-17)33-15-16(2)3/h5-8,16,18H,4,9-15H2,1-3H3,(H,25,27,30). The number of aryl methyl sites for hydroxylation is 1. The number of piperidine rings is 1. The van der Waals surface area contributed by atoms with Crippen molar-refractivity contribution in [1.29, 1.82) is 0 Å². The first kappa shape index (κ1) is 24.4. The number of aromatic nitrogens is 3. The first-order valence-electron chi connectivity index (χ1n) is 11.5. The molecule has 1 aromatic carbocycles. The van der Waals surface area contributed by atoms with Gasteiger partial charge in [0.1, 0.15) is 11.4 Å². The molecule has 1 amide bonds. The second kappa shape index (κ2) is 11.6. The maximum absolute atomic E-state index is 12.5. The molecule has 0 saturated carbocycles. The van der Waals surface area contributed by atoms with Gasteiger partial charge in [-0.05, 0) is 49.9 Å². The highest BCUT2D eigenvalue weighted by molar-refractivity contribution is 5.77. The molecule has 2 heterocycles. The Hall–Kier alpha value is -3.23. The zero-order chi connectivity index (χ0) is 23.8. The summed E-state index contributed by atoms with van der Waals surface area (Å²) in [7, 11) is 0. The minimum absolute atomic E-state index is 0.0560. The Labute approximate surface area is 193 Å². The van der Waals surface area contributed by atoms with Crippen molar-refractivity contribution < 1.29 is 19.1 Å². The molecule has 9 heteroatoms. The van der Waals surface area contributed by atoms with Gasteiger partial charge >= 0.3 is 5.97 Å². The molecule has 178 valence electrons. The molecule has 1 aliphatic heterocycles. The smallest absolute Gasteiger partial charge is 0.309 e. The summed E-state index contributed by atoms with van der Waals surface area (Å²) in [5, 5.41) is 8.18. The van der Waals surface area contributed by atoms with E-state index in [1.54, 1.807) is 11.8 Å². The Morgan fingerprint density at radius 1 is 1.15 bits per heavy atom. The molecule has 1 N–H and O–H groups in total. The molecule has 9 nitrogen and oxygen atoms in total. The molecule has 0 unspecified atom stereocenters. The van der Waals surface area contributed by atoms with E-state index in [2.05, 4.69) is 29.0 Å². The number of hydrogen-bond donors (Lipinski definition) is 1. The molecule has 1 fully saturated rings. The molecule has 0 aliphatic carbocycles. The number of benzene rings is 1. The van der Waals surface area contributed by atoms with Crippen LogP contribution in [-0.4, -0.2) is 58.3 Å². The van der Waals surface area contributed by atoms with Crippen molar-refractivity contribution in [3.63, 3.8) is 0 Å². The van der Waals surface area contributed by atoms with Crippen LogP contribution < -0.4 is 10.3 Å². The zero-order valence-electron chi connectivity index (χ0n) is 19.5. The van der Waals surface area contributed by atoms with Crippen LogP contribution in [0, 0.1) is 11.8 Å². The van der Waals surface area contributed by atoms with Crippen LogP contribution in [0.3, 0.4) is 0 Å². The van der Waals surface area contributed by atoms with Crippen LogP contribution in [0.15, 0.2) is 29.1 Å². The molecule has 0 bridgehead atoms. The summed E-state index contributed by atoms with van der Waals surface area (Å²) in [6.07, 6.45) is 1.58. The van der Waals surface area contributed by atoms with Gasteiger partial charge in [0.15, 0.2) is 5.82 Å². The van der Waals surface area contributed by atoms with Gasteiger partial charge in [-0.15, -0.1) is 10.2 Å². The van der Waals surface area contributed by atoms with Crippen molar-refractivity contribution in [3.05, 3.63) is 40.3 Å². The molecule has 1 aliphatic rings. The number of esters is 1. The van der Waals surface area contributed by atoms with Gasteiger partial charge in [-0.25, -0.2) is 0 Å². The van der Waals surface area contributed by atoms with Crippen LogP contribution in [0.2, 0.25) is 0 Å². The summed E-state index contributed by atoms with van der Waals surface area (Å²) in [6, 6.07) is 7.29. The quantitative estimate of drug-likeness (QED) is 0.577. The number of amides is 1. The largest absolute Gasteiger partial charge is 0.493 e. The molecule has 1 aromatic heterocycles. The van der Waals surface area contributed by atoms with Gasteiger partial charge in [-0.3, -0.25) is 14.4 Å². The normalized spacial score (nSPS) is 14.4. The van der Waals surface area contributed by atoms with Crippen LogP contribution in [0.25, 0.3) is 11.4 Å². The number of aromatic amines is 1. The maximum atomic E-state index is 12.5. The van der Waals surface area contributed by atoms with Crippen LogP contribution in [0.1, 0.15) is 45.7 Å². The van der Waals surface area contributed by atoms with Crippen molar-refractivity contribution in [3.8, 4) is 17.1 Å². The molecule has 3 rings (SSSR count). The van der Waals surface area contributed by atoms with E-state index >= 15 is 0 Å². The number of likely N-dealkylation sites (tertiary alicyclic amines) is 1. The van der Waals surface area contributed by atoms with E-state index < -0.39 is 0 Å². The second-order valence-corrected chi connectivity index (χ2v) is 8.59. The van der Waals surface area contributed by atoms with Crippen molar-refractivity contribution in [2.24, 2.45) is 11.8 Å². The number of ether oxygens (including phenoxy) is 2. The molecule has 0 spiro atoms. The molecular formula is C24H32N4O5. The number of hydrogen-bond acceptors (Lipinski definition) is 7. The monoisotopic (exact) mass is 456 g/mol. The van der Waals surface area contributed by atoms with Gasteiger partial charge in [0, 0.05) is 31.5 Å². The molecular weight excluding hydrogens is 424 g/mol. The second-order valence-electron chi connectivity index (χ2n) is 8.59. The predicted molar refractivity (Wildman–Crippen MR) is 123 cm³/mol. The van der Waals surface area contributed by atoms with Crippen molar-refractivity contribution >= 4 is 11.9 Å². The van der Waals surface area contributed by atoms with Gasteiger partial charge in [0.25, 0.3) is 5.56 Å². The Balaban J connectivity index is 1.52. The molecule has 0 radical (unpaired) electrons. The Kier molecular flexibility index (Phi) is 8.57. The molecule has 1 saturated heterocycles. The summed E-state index contributed by atoms with van der Waals surface area (Å²) in [5.74, 6) is 1.16. The topological polar surface area (TPSA) is 114 Å².